The number of hydrogen-bond donors (Lipinski definition) is 1. The van der Waals surface area contributed by atoms with Crippen molar-refractivity contribution in [1.82, 2.24) is 4.98 Å². The van der Waals surface area contributed by atoms with Gasteiger partial charge in [-0.3, -0.25) is 0 Å². The molecule has 0 aliphatic heterocycles. The number of hydrogen-bond acceptors (Lipinski definition) is 4. The molecule has 2 N–H and O–H groups in total. The molecule has 1 heterocycles. The second-order valence-corrected chi connectivity index (χ2v) is 4.85. The van der Waals surface area contributed by atoms with Crippen LogP contribution in [0.15, 0.2) is 30.5 Å². The van der Waals surface area contributed by atoms with Crippen LogP contribution in [-0.2, 0) is 6.18 Å². The highest BCUT2D eigenvalue weighted by molar-refractivity contribution is 7.11. The molecule has 0 aliphatic carbocycles. The molecule has 0 spiro atoms. The van der Waals surface area contributed by atoms with Crippen LogP contribution in [0.25, 0.3) is 0 Å². The van der Waals surface area contributed by atoms with Gasteiger partial charge in [0.25, 0.3) is 0 Å². The van der Waals surface area contributed by atoms with E-state index in [0.29, 0.717) is 27.5 Å². The van der Waals surface area contributed by atoms with Crippen molar-refractivity contribution in [1.29, 1.82) is 0 Å². The van der Waals surface area contributed by atoms with E-state index in [4.69, 9.17) is 10.5 Å². The molecule has 0 amide bonds. The van der Waals surface area contributed by atoms with Crippen LogP contribution in [0.3, 0.4) is 0 Å². The molecule has 0 saturated carbocycles. The number of nitrogens with two attached hydrogens (primary N) is 1. The van der Waals surface area contributed by atoms with Crippen LogP contribution < -0.4 is 10.5 Å². The van der Waals surface area contributed by atoms with Gasteiger partial charge in [-0.2, -0.15) is 13.2 Å². The van der Waals surface area contributed by atoms with Crippen LogP contribution >= 0.6 is 11.3 Å². The van der Waals surface area contributed by atoms with Gasteiger partial charge in [0, 0.05) is 16.6 Å². The van der Waals surface area contributed by atoms with E-state index in [9.17, 15) is 13.2 Å². The lowest BCUT2D eigenvalue weighted by Crippen LogP contribution is -2.11. The molecule has 0 saturated heterocycles. The molecule has 0 bridgehead atoms. The lowest BCUT2D eigenvalue weighted by Gasteiger charge is -2.13. The maximum atomic E-state index is 12.5. The maximum Gasteiger partial charge on any atom is 0.443 e. The summed E-state index contributed by atoms with van der Waals surface area (Å²) in [7, 11) is 1.49. The molecular formula is C12H11F3N2OS. The Morgan fingerprint density at radius 1 is 1.32 bits per heavy atom. The van der Waals surface area contributed by atoms with E-state index in [0.717, 1.165) is 6.20 Å². The van der Waals surface area contributed by atoms with E-state index in [1.807, 2.05) is 0 Å². The Labute approximate surface area is 111 Å². The highest BCUT2D eigenvalue weighted by atomic mass is 32.1. The van der Waals surface area contributed by atoms with Crippen molar-refractivity contribution in [2.75, 3.05) is 7.11 Å². The van der Waals surface area contributed by atoms with Gasteiger partial charge in [-0.15, -0.1) is 11.3 Å². The molecule has 3 nitrogen and oxygen atoms in total. The summed E-state index contributed by atoms with van der Waals surface area (Å²) in [6, 6.07) is 6.26. The summed E-state index contributed by atoms with van der Waals surface area (Å²) < 4.78 is 42.6. The topological polar surface area (TPSA) is 48.1 Å². The summed E-state index contributed by atoms with van der Waals surface area (Å²) >= 11 is 0.545. The van der Waals surface area contributed by atoms with Crippen LogP contribution in [-0.4, -0.2) is 12.1 Å². The highest BCUT2D eigenvalue weighted by Gasteiger charge is 2.35. The molecule has 0 fully saturated rings. The Morgan fingerprint density at radius 3 is 2.58 bits per heavy atom. The average Bonchev–Trinajstić information content (AvgIpc) is 2.87. The molecule has 1 unspecified atom stereocenters. The zero-order chi connectivity index (χ0) is 14.0. The zero-order valence-electron chi connectivity index (χ0n) is 9.94. The molecule has 0 aliphatic rings. The largest absolute Gasteiger partial charge is 0.496 e. The first-order chi connectivity index (χ1) is 8.93. The highest BCUT2D eigenvalue weighted by Crippen LogP contribution is 2.36. The third kappa shape index (κ3) is 2.87. The molecular weight excluding hydrogens is 277 g/mol. The summed E-state index contributed by atoms with van der Waals surface area (Å²) in [4.78, 5) is 3.71. The first-order valence-corrected chi connectivity index (χ1v) is 6.16. The molecule has 1 aromatic heterocycles. The van der Waals surface area contributed by atoms with Crippen molar-refractivity contribution in [2.45, 2.75) is 12.2 Å². The van der Waals surface area contributed by atoms with E-state index in [1.54, 1.807) is 24.3 Å². The normalized spacial score (nSPS) is 13.3. The third-order valence-electron chi connectivity index (χ3n) is 2.55. The molecule has 1 aromatic carbocycles. The Bertz CT molecular complexity index is 568. The molecule has 19 heavy (non-hydrogen) atoms. The summed E-state index contributed by atoms with van der Waals surface area (Å²) in [6.45, 7) is 0. The maximum absolute atomic E-state index is 12.5. The van der Waals surface area contributed by atoms with Crippen molar-refractivity contribution in [3.63, 3.8) is 0 Å². The van der Waals surface area contributed by atoms with Crippen LogP contribution in [0.1, 0.15) is 21.5 Å². The number of ether oxygens (including phenoxy) is 1. The van der Waals surface area contributed by atoms with Gasteiger partial charge in [-0.1, -0.05) is 18.2 Å². The SMILES string of the molecule is COc1ccccc1C(N)c1cnc(C(F)(F)F)s1. The van der Waals surface area contributed by atoms with Gasteiger partial charge >= 0.3 is 6.18 Å². The number of para-hydroxylation sites is 1. The van der Waals surface area contributed by atoms with Crippen LogP contribution in [0.4, 0.5) is 13.2 Å². The van der Waals surface area contributed by atoms with Crippen molar-refractivity contribution >= 4 is 11.3 Å². The van der Waals surface area contributed by atoms with Crippen molar-refractivity contribution in [2.24, 2.45) is 5.73 Å². The molecule has 0 radical (unpaired) electrons. The fourth-order valence-corrected chi connectivity index (χ4v) is 2.44. The van der Waals surface area contributed by atoms with E-state index in [2.05, 4.69) is 4.98 Å². The van der Waals surface area contributed by atoms with Crippen LogP contribution in [0.5, 0.6) is 5.75 Å². The predicted molar refractivity (Wildman–Crippen MR) is 66.1 cm³/mol. The number of thiazole rings is 1. The Hall–Kier alpha value is -1.60. The predicted octanol–water partition coefficient (Wildman–Crippen LogP) is 3.22. The smallest absolute Gasteiger partial charge is 0.443 e. The van der Waals surface area contributed by atoms with Crippen LogP contribution in [0, 0.1) is 0 Å². The number of nitrogens with zero attached hydrogens (tertiary/aromatic N) is 1. The van der Waals surface area contributed by atoms with Gasteiger partial charge in [0.05, 0.1) is 13.2 Å². The second kappa shape index (κ2) is 5.18. The van der Waals surface area contributed by atoms with Crippen molar-refractivity contribution in [3.8, 4) is 5.75 Å². The van der Waals surface area contributed by atoms with Gasteiger partial charge in [-0.05, 0) is 6.07 Å². The van der Waals surface area contributed by atoms with E-state index in [1.165, 1.54) is 7.11 Å². The Morgan fingerprint density at radius 2 is 2.00 bits per heavy atom. The van der Waals surface area contributed by atoms with E-state index >= 15 is 0 Å². The monoisotopic (exact) mass is 288 g/mol. The average molecular weight is 288 g/mol. The van der Waals surface area contributed by atoms with Gasteiger partial charge in [0.2, 0.25) is 0 Å². The minimum atomic E-state index is -4.44. The lowest BCUT2D eigenvalue weighted by atomic mass is 10.1. The van der Waals surface area contributed by atoms with E-state index in [-0.39, 0.29) is 0 Å². The van der Waals surface area contributed by atoms with Crippen LogP contribution in [0.2, 0.25) is 0 Å². The number of aromatic nitrogens is 1. The first-order valence-electron chi connectivity index (χ1n) is 5.35. The van der Waals surface area contributed by atoms with Gasteiger partial charge in [-0.25, -0.2) is 4.98 Å². The summed E-state index contributed by atoms with van der Waals surface area (Å²) in [5.74, 6) is 0.539. The summed E-state index contributed by atoms with van der Waals surface area (Å²) in [6.07, 6.45) is -3.28. The number of alkyl halides is 3. The minimum Gasteiger partial charge on any atom is -0.496 e. The zero-order valence-corrected chi connectivity index (χ0v) is 10.8. The van der Waals surface area contributed by atoms with Gasteiger partial charge in [0.1, 0.15) is 5.75 Å². The number of rotatable bonds is 3. The quantitative estimate of drug-likeness (QED) is 0.943. The van der Waals surface area contributed by atoms with E-state index < -0.39 is 17.2 Å². The molecule has 2 rings (SSSR count). The minimum absolute atomic E-state index is 0.344. The second-order valence-electron chi connectivity index (χ2n) is 3.79. The molecule has 2 aromatic rings. The lowest BCUT2D eigenvalue weighted by molar-refractivity contribution is -0.137. The van der Waals surface area contributed by atoms with Crippen molar-refractivity contribution in [3.05, 3.63) is 45.9 Å². The summed E-state index contributed by atoms with van der Waals surface area (Å²) in [5.41, 5.74) is 6.60. The fraction of sp³-hybridized carbons (Fsp3) is 0.250. The number of halogens is 3. The molecule has 7 heteroatoms. The van der Waals surface area contributed by atoms with Gasteiger partial charge in [0.15, 0.2) is 5.01 Å². The Kier molecular flexibility index (Phi) is 3.77. The molecule has 1 atom stereocenters. The van der Waals surface area contributed by atoms with Crippen molar-refractivity contribution < 1.29 is 17.9 Å². The number of benzene rings is 1. The summed E-state index contributed by atoms with van der Waals surface area (Å²) in [5, 5.41) is -0.896. The number of methoxy groups -OCH3 is 1. The van der Waals surface area contributed by atoms with Gasteiger partial charge < -0.3 is 10.5 Å². The standard InChI is InChI=1S/C12H11F3N2OS/c1-18-8-5-3-2-4-7(8)10(16)9-6-17-11(19-9)12(13,14)15/h2-6,10H,16H2,1H3. The third-order valence-corrected chi connectivity index (χ3v) is 3.67. The Balaban J connectivity index is 2.34. The molecule has 102 valence electrons. The first kappa shape index (κ1) is 13.8. The fourth-order valence-electron chi connectivity index (χ4n) is 1.64.